The Bertz CT molecular complexity index is 436. The summed E-state index contributed by atoms with van der Waals surface area (Å²) >= 11 is 0. The van der Waals surface area contributed by atoms with Crippen LogP contribution in [-0.2, 0) is 19.1 Å². The van der Waals surface area contributed by atoms with Crippen LogP contribution in [0.1, 0.15) is 59.3 Å². The van der Waals surface area contributed by atoms with Gasteiger partial charge in [-0.05, 0) is 46.0 Å². The number of esters is 1. The lowest BCUT2D eigenvalue weighted by atomic mass is 9.88. The zero-order valence-electron chi connectivity index (χ0n) is 12.0. The van der Waals surface area contributed by atoms with E-state index in [-0.39, 0.29) is 11.4 Å². The van der Waals surface area contributed by atoms with Crippen molar-refractivity contribution in [1.82, 2.24) is 0 Å². The molecule has 0 aromatic heterocycles. The molecule has 2 bridgehead atoms. The van der Waals surface area contributed by atoms with E-state index in [0.29, 0.717) is 18.8 Å². The number of ketones is 1. The van der Waals surface area contributed by atoms with Crippen LogP contribution in [-0.4, -0.2) is 28.6 Å². The molecule has 2 heterocycles. The Morgan fingerprint density at radius 1 is 1.37 bits per heavy atom. The lowest BCUT2D eigenvalue weighted by Crippen LogP contribution is -2.54. The van der Waals surface area contributed by atoms with Crippen LogP contribution >= 0.6 is 0 Å². The summed E-state index contributed by atoms with van der Waals surface area (Å²) in [6.07, 6.45) is 4.95. The van der Waals surface area contributed by atoms with Crippen molar-refractivity contribution >= 4 is 11.8 Å². The predicted octanol–water partition coefficient (Wildman–Crippen LogP) is 2.39. The maximum Gasteiger partial charge on any atom is 0.346 e. The lowest BCUT2D eigenvalue weighted by Gasteiger charge is -2.38. The van der Waals surface area contributed by atoms with Crippen LogP contribution in [0.3, 0.4) is 0 Å². The summed E-state index contributed by atoms with van der Waals surface area (Å²) in [6.45, 7) is 5.46. The van der Waals surface area contributed by atoms with Gasteiger partial charge in [-0.1, -0.05) is 6.42 Å². The first-order valence-electron chi connectivity index (χ1n) is 7.24. The Hall–Kier alpha value is -0.900. The van der Waals surface area contributed by atoms with Crippen molar-refractivity contribution in [1.29, 1.82) is 0 Å². The molecule has 2 saturated heterocycles. The molecular formula is C15H22O4. The van der Waals surface area contributed by atoms with Crippen LogP contribution in [0.2, 0.25) is 0 Å². The molecule has 0 amide bonds. The van der Waals surface area contributed by atoms with Crippen molar-refractivity contribution < 1.29 is 19.1 Å². The second kappa shape index (κ2) is 3.81. The van der Waals surface area contributed by atoms with Crippen molar-refractivity contribution in [2.24, 2.45) is 5.92 Å². The van der Waals surface area contributed by atoms with Crippen LogP contribution < -0.4 is 0 Å². The molecule has 4 heteroatoms. The molecule has 0 radical (unpaired) electrons. The number of hydrogen-bond acceptors (Lipinski definition) is 4. The molecule has 0 aromatic rings. The van der Waals surface area contributed by atoms with Crippen LogP contribution in [0.15, 0.2) is 0 Å². The first kappa shape index (κ1) is 13.1. The molecule has 1 spiro atoms. The summed E-state index contributed by atoms with van der Waals surface area (Å²) in [5, 5.41) is 0. The zero-order valence-corrected chi connectivity index (χ0v) is 12.0. The maximum absolute atomic E-state index is 12.5. The minimum atomic E-state index is -1.30. The molecule has 106 valence electrons. The SMILES string of the molecule is CC(C)(C)OC(=O)C12CC3CCCC3(CCC1=O)O2. The molecule has 1 aliphatic carbocycles. The highest BCUT2D eigenvalue weighted by Crippen LogP contribution is 2.57. The summed E-state index contributed by atoms with van der Waals surface area (Å²) < 4.78 is 11.5. The minimum absolute atomic E-state index is 0.0817. The van der Waals surface area contributed by atoms with Gasteiger partial charge in [0.2, 0.25) is 5.60 Å². The Labute approximate surface area is 113 Å². The summed E-state index contributed by atoms with van der Waals surface area (Å²) in [5.41, 5.74) is -2.10. The van der Waals surface area contributed by atoms with Gasteiger partial charge >= 0.3 is 5.97 Å². The first-order valence-corrected chi connectivity index (χ1v) is 7.24. The Morgan fingerprint density at radius 2 is 2.11 bits per heavy atom. The van der Waals surface area contributed by atoms with Crippen LogP contribution in [0, 0.1) is 5.92 Å². The van der Waals surface area contributed by atoms with E-state index in [1.165, 1.54) is 0 Å². The summed E-state index contributed by atoms with van der Waals surface area (Å²) in [7, 11) is 0. The van der Waals surface area contributed by atoms with Crippen molar-refractivity contribution in [3.63, 3.8) is 0 Å². The second-order valence-electron chi connectivity index (χ2n) is 7.21. The smallest absolute Gasteiger partial charge is 0.346 e. The van der Waals surface area contributed by atoms with Crippen LogP contribution in [0.4, 0.5) is 0 Å². The van der Waals surface area contributed by atoms with E-state index in [1.807, 2.05) is 20.8 Å². The van der Waals surface area contributed by atoms with Gasteiger partial charge in [-0.2, -0.15) is 0 Å². The molecule has 1 saturated carbocycles. The Balaban J connectivity index is 1.90. The lowest BCUT2D eigenvalue weighted by molar-refractivity contribution is -0.200. The number of Topliss-reactive ketones (excluding diaryl/α,β-unsaturated/α-hetero) is 1. The summed E-state index contributed by atoms with van der Waals surface area (Å²) in [6, 6.07) is 0. The van der Waals surface area contributed by atoms with Gasteiger partial charge in [-0.3, -0.25) is 4.79 Å². The highest BCUT2D eigenvalue weighted by Gasteiger charge is 2.67. The first-order chi connectivity index (χ1) is 8.78. The third-order valence-electron chi connectivity index (χ3n) is 4.76. The molecule has 3 rings (SSSR count). The van der Waals surface area contributed by atoms with Crippen molar-refractivity contribution in [3.05, 3.63) is 0 Å². The monoisotopic (exact) mass is 266 g/mol. The van der Waals surface area contributed by atoms with E-state index in [2.05, 4.69) is 0 Å². The van der Waals surface area contributed by atoms with Gasteiger partial charge in [-0.25, -0.2) is 4.79 Å². The van der Waals surface area contributed by atoms with Gasteiger partial charge in [0.05, 0.1) is 5.60 Å². The molecule has 0 aromatic carbocycles. The van der Waals surface area contributed by atoms with E-state index >= 15 is 0 Å². The predicted molar refractivity (Wildman–Crippen MR) is 68.6 cm³/mol. The highest BCUT2D eigenvalue weighted by molar-refractivity contribution is 6.08. The largest absolute Gasteiger partial charge is 0.457 e. The fraction of sp³-hybridized carbons (Fsp3) is 0.867. The molecule has 3 atom stereocenters. The zero-order chi connectivity index (χ0) is 13.9. The molecular weight excluding hydrogens is 244 g/mol. The quantitative estimate of drug-likeness (QED) is 0.540. The average Bonchev–Trinajstić information content (AvgIpc) is 2.74. The number of fused-ring (bicyclic) bond motifs is 1. The maximum atomic E-state index is 12.5. The third kappa shape index (κ3) is 1.83. The molecule has 3 aliphatic rings. The third-order valence-corrected chi connectivity index (χ3v) is 4.76. The van der Waals surface area contributed by atoms with E-state index in [9.17, 15) is 9.59 Å². The van der Waals surface area contributed by atoms with Gasteiger partial charge in [0, 0.05) is 12.8 Å². The number of rotatable bonds is 1. The topological polar surface area (TPSA) is 52.6 Å². The standard InChI is InChI=1S/C15H22O4/c1-13(2,3)18-12(17)15-9-10-5-4-7-14(10,19-15)8-6-11(15)16/h10H,4-9H2,1-3H3. The van der Waals surface area contributed by atoms with Gasteiger partial charge < -0.3 is 9.47 Å². The normalized spacial score (nSPS) is 41.2. The Morgan fingerprint density at radius 3 is 2.79 bits per heavy atom. The molecule has 19 heavy (non-hydrogen) atoms. The van der Waals surface area contributed by atoms with Gasteiger partial charge in [0.25, 0.3) is 0 Å². The van der Waals surface area contributed by atoms with Crippen molar-refractivity contribution in [2.75, 3.05) is 0 Å². The molecule has 4 nitrogen and oxygen atoms in total. The summed E-state index contributed by atoms with van der Waals surface area (Å²) in [5.74, 6) is -0.202. The summed E-state index contributed by atoms with van der Waals surface area (Å²) in [4.78, 5) is 24.8. The molecule has 0 N–H and O–H groups in total. The van der Waals surface area contributed by atoms with Crippen LogP contribution in [0.25, 0.3) is 0 Å². The van der Waals surface area contributed by atoms with E-state index in [1.54, 1.807) is 0 Å². The van der Waals surface area contributed by atoms with Crippen LogP contribution in [0.5, 0.6) is 0 Å². The van der Waals surface area contributed by atoms with Crippen molar-refractivity contribution in [3.8, 4) is 0 Å². The minimum Gasteiger partial charge on any atom is -0.457 e. The number of carbonyl (C=O) groups is 2. The van der Waals surface area contributed by atoms with E-state index in [0.717, 1.165) is 25.7 Å². The number of ether oxygens (including phenoxy) is 2. The van der Waals surface area contributed by atoms with Gasteiger partial charge in [0.15, 0.2) is 5.78 Å². The molecule has 2 aliphatic heterocycles. The average molecular weight is 266 g/mol. The molecule has 3 unspecified atom stereocenters. The highest BCUT2D eigenvalue weighted by atomic mass is 16.6. The molecule has 3 fully saturated rings. The van der Waals surface area contributed by atoms with Crippen molar-refractivity contribution in [2.45, 2.75) is 76.1 Å². The Kier molecular flexibility index (Phi) is 2.63. The number of carbonyl (C=O) groups excluding carboxylic acids is 2. The second-order valence-corrected chi connectivity index (χ2v) is 7.21. The number of hydrogen-bond donors (Lipinski definition) is 0. The van der Waals surface area contributed by atoms with E-state index in [4.69, 9.17) is 9.47 Å². The van der Waals surface area contributed by atoms with Gasteiger partial charge in [-0.15, -0.1) is 0 Å². The fourth-order valence-electron chi connectivity index (χ4n) is 3.95. The van der Waals surface area contributed by atoms with E-state index < -0.39 is 17.2 Å². The fourth-order valence-corrected chi connectivity index (χ4v) is 3.95. The van der Waals surface area contributed by atoms with Gasteiger partial charge in [0.1, 0.15) is 5.60 Å².